The summed E-state index contributed by atoms with van der Waals surface area (Å²) in [4.78, 5) is 0. The quantitative estimate of drug-likeness (QED) is 0.181. The van der Waals surface area contributed by atoms with E-state index in [9.17, 15) is 0 Å². The molecule has 0 spiro atoms. The third kappa shape index (κ3) is 19.5. The molecule has 0 aliphatic heterocycles. The Morgan fingerprint density at radius 1 is 0.469 bits per heavy atom. The van der Waals surface area contributed by atoms with Crippen molar-refractivity contribution in [3.63, 3.8) is 0 Å². The van der Waals surface area contributed by atoms with Gasteiger partial charge in [0.15, 0.2) is 0 Å². The van der Waals surface area contributed by atoms with Crippen LogP contribution in [0.15, 0.2) is 60.7 Å². The van der Waals surface area contributed by atoms with Gasteiger partial charge in [-0.3, -0.25) is 0 Å². The maximum absolute atomic E-state index is 5.69. The molecule has 0 unspecified atom stereocenters. The average Bonchev–Trinajstić information content (AvgIpc) is 2.83. The van der Waals surface area contributed by atoms with Gasteiger partial charge in [-0.2, -0.15) is 0 Å². The molecule has 0 amide bonds. The fraction of sp³-hybridized carbons (Fsp3) is 0.600. The van der Waals surface area contributed by atoms with Crippen LogP contribution < -0.4 is 51.4 Å². The molecule has 0 heterocycles. The third-order valence-electron chi connectivity index (χ3n) is 5.67. The van der Waals surface area contributed by atoms with Crippen LogP contribution >= 0.6 is 0 Å². The molecule has 0 aliphatic rings. The normalized spacial score (nSPS) is 10.2. The van der Waals surface area contributed by atoms with Crippen LogP contribution in [0.2, 0.25) is 0 Å². The summed E-state index contributed by atoms with van der Waals surface area (Å²) in [5, 5.41) is 0. The van der Waals surface area contributed by atoms with Gasteiger partial charge in [-0.15, -0.1) is 0 Å². The molecule has 1 nitrogen and oxygen atoms in total. The molecule has 0 saturated carbocycles. The van der Waals surface area contributed by atoms with Crippen molar-refractivity contribution in [1.82, 2.24) is 0 Å². The van der Waals surface area contributed by atoms with Crippen LogP contribution in [0, 0.1) is 0 Å². The van der Waals surface area contributed by atoms with Crippen molar-refractivity contribution in [2.75, 3.05) is 13.2 Å². The van der Waals surface area contributed by atoms with E-state index in [2.05, 4.69) is 62.4 Å². The van der Waals surface area contributed by atoms with Gasteiger partial charge < -0.3 is 6.16 Å². The van der Waals surface area contributed by atoms with Crippen molar-refractivity contribution in [2.24, 2.45) is 0 Å². The summed E-state index contributed by atoms with van der Waals surface area (Å²) in [6.45, 7) is 6.53. The second-order valence-electron chi connectivity index (χ2n) is 8.59. The Kier molecular flexibility index (Phi) is 25.7. The molecular formula is C30H49KO. The van der Waals surface area contributed by atoms with E-state index in [1.807, 2.05) is 12.1 Å². The van der Waals surface area contributed by atoms with Crippen molar-refractivity contribution in [1.29, 1.82) is 0 Å². The zero-order valence-corrected chi connectivity index (χ0v) is 24.6. The molecule has 0 radical (unpaired) electrons. The Balaban J connectivity index is 0. The molecule has 0 saturated heterocycles. The first kappa shape index (κ1) is 32.0. The van der Waals surface area contributed by atoms with Crippen LogP contribution in [0.1, 0.15) is 105 Å². The van der Waals surface area contributed by atoms with Crippen LogP contribution in [0.5, 0.6) is 0 Å². The van der Waals surface area contributed by atoms with Crippen LogP contribution in [-0.4, -0.2) is 13.2 Å². The molecule has 32 heavy (non-hydrogen) atoms. The fourth-order valence-corrected chi connectivity index (χ4v) is 3.69. The maximum atomic E-state index is 5.69. The Morgan fingerprint density at radius 3 is 1.12 bits per heavy atom. The smallest absolute Gasteiger partial charge is 1.00 e. The molecule has 0 atom stereocenters. The van der Waals surface area contributed by atoms with E-state index < -0.39 is 0 Å². The Labute approximate surface area is 244 Å². The van der Waals surface area contributed by atoms with E-state index in [0.29, 0.717) is 0 Å². The van der Waals surface area contributed by atoms with E-state index in [-0.39, 0.29) is 52.8 Å². The van der Waals surface area contributed by atoms with Crippen LogP contribution in [0.3, 0.4) is 0 Å². The summed E-state index contributed by atoms with van der Waals surface area (Å²) in [5.74, 6) is 0. The SMILES string of the molecule is CCCCCCCCCOCCCCCCCCC.[H-].[K+].c1ccc(-c2ccccc2)cc1. The monoisotopic (exact) mass is 464 g/mol. The molecule has 2 aromatic rings. The average molecular weight is 465 g/mol. The van der Waals surface area contributed by atoms with Gasteiger partial charge in [-0.05, 0) is 24.0 Å². The molecule has 0 fully saturated rings. The first-order valence-corrected chi connectivity index (χ1v) is 13.1. The molecule has 2 heteroatoms. The van der Waals surface area contributed by atoms with E-state index in [1.165, 1.54) is 101 Å². The van der Waals surface area contributed by atoms with Gasteiger partial charge in [0.05, 0.1) is 0 Å². The molecule has 0 N–H and O–H groups in total. The minimum absolute atomic E-state index is 0. The summed E-state index contributed by atoms with van der Waals surface area (Å²) < 4.78 is 5.69. The topological polar surface area (TPSA) is 9.23 Å². The van der Waals surface area contributed by atoms with Crippen molar-refractivity contribution >= 4 is 0 Å². The van der Waals surface area contributed by atoms with Crippen molar-refractivity contribution in [3.05, 3.63) is 60.7 Å². The summed E-state index contributed by atoms with van der Waals surface area (Å²) >= 11 is 0. The summed E-state index contributed by atoms with van der Waals surface area (Å²) in [6, 6.07) is 20.8. The molecule has 0 aromatic heterocycles. The number of rotatable bonds is 17. The second-order valence-corrected chi connectivity index (χ2v) is 8.59. The van der Waals surface area contributed by atoms with Crippen molar-refractivity contribution < 1.29 is 57.5 Å². The predicted octanol–water partition coefficient (Wildman–Crippen LogP) is 6.97. The fourth-order valence-electron chi connectivity index (χ4n) is 3.69. The number of unbranched alkanes of at least 4 members (excludes halogenated alkanes) is 12. The van der Waals surface area contributed by atoms with Crippen molar-refractivity contribution in [3.8, 4) is 11.1 Å². The van der Waals surface area contributed by atoms with Crippen LogP contribution in [0.25, 0.3) is 11.1 Å². The van der Waals surface area contributed by atoms with Gasteiger partial charge in [0.25, 0.3) is 0 Å². The van der Waals surface area contributed by atoms with Gasteiger partial charge >= 0.3 is 51.4 Å². The van der Waals surface area contributed by atoms with Gasteiger partial charge in [0, 0.05) is 13.2 Å². The summed E-state index contributed by atoms with van der Waals surface area (Å²) in [5.41, 5.74) is 2.55. The summed E-state index contributed by atoms with van der Waals surface area (Å²) in [7, 11) is 0. The first-order valence-electron chi connectivity index (χ1n) is 13.1. The second kappa shape index (κ2) is 25.7. The zero-order chi connectivity index (χ0) is 22.2. The third-order valence-corrected chi connectivity index (χ3v) is 5.67. The standard InChI is InChI=1S/C18H38O.C12H10.K.H/c1-3-5-7-9-11-13-15-17-19-18-16-14-12-10-8-6-4-2;1-3-7-11(8-4-1)12-9-5-2-6-10-12;;/h3-18H2,1-2H3;1-10H;;/q;;+1;-1. The van der Waals surface area contributed by atoms with Gasteiger partial charge in [-0.25, -0.2) is 0 Å². The molecule has 2 rings (SSSR count). The number of hydrogen-bond acceptors (Lipinski definition) is 1. The molecule has 0 aliphatic carbocycles. The molecular weight excluding hydrogens is 415 g/mol. The van der Waals surface area contributed by atoms with Crippen LogP contribution in [-0.2, 0) is 4.74 Å². The first-order chi connectivity index (χ1) is 15.4. The minimum Gasteiger partial charge on any atom is -1.00 e. The van der Waals surface area contributed by atoms with E-state index in [4.69, 9.17) is 4.74 Å². The Bertz CT molecular complexity index is 537. The number of benzene rings is 2. The van der Waals surface area contributed by atoms with E-state index in [1.54, 1.807) is 0 Å². The van der Waals surface area contributed by atoms with E-state index in [0.717, 1.165) is 13.2 Å². The number of ether oxygens (including phenoxy) is 1. The maximum Gasteiger partial charge on any atom is 1.00 e. The summed E-state index contributed by atoms with van der Waals surface area (Å²) in [6.07, 6.45) is 19.3. The predicted molar refractivity (Wildman–Crippen MR) is 140 cm³/mol. The molecule has 2 aromatic carbocycles. The zero-order valence-electron chi connectivity index (χ0n) is 22.5. The molecule has 0 bridgehead atoms. The van der Waals surface area contributed by atoms with Gasteiger partial charge in [-0.1, -0.05) is 152 Å². The van der Waals surface area contributed by atoms with Crippen LogP contribution in [0.4, 0.5) is 0 Å². The molecule has 176 valence electrons. The Morgan fingerprint density at radius 2 is 0.781 bits per heavy atom. The van der Waals surface area contributed by atoms with Crippen molar-refractivity contribution in [2.45, 2.75) is 104 Å². The Hall–Kier alpha value is 0.0364. The van der Waals surface area contributed by atoms with Gasteiger partial charge in [0.1, 0.15) is 0 Å². The largest absolute Gasteiger partial charge is 1.00 e. The minimum atomic E-state index is 0. The van der Waals surface area contributed by atoms with Gasteiger partial charge in [0.2, 0.25) is 0 Å². The number of hydrogen-bond donors (Lipinski definition) is 0. The van der Waals surface area contributed by atoms with E-state index >= 15 is 0 Å².